The molecule has 3 fully saturated rings. The van der Waals surface area contributed by atoms with E-state index in [4.69, 9.17) is 9.72 Å². The van der Waals surface area contributed by atoms with Crippen LogP contribution in [-0.4, -0.2) is 62.3 Å². The lowest BCUT2D eigenvalue weighted by atomic mass is 9.83. The Kier molecular flexibility index (Phi) is 7.62. The molecular formula is C35H40FN5O3. The van der Waals surface area contributed by atoms with Gasteiger partial charge in [-0.1, -0.05) is 18.2 Å². The van der Waals surface area contributed by atoms with Gasteiger partial charge in [-0.05, 0) is 113 Å². The van der Waals surface area contributed by atoms with Crippen LogP contribution in [0.25, 0.3) is 22.3 Å². The van der Waals surface area contributed by atoms with Gasteiger partial charge in [0.1, 0.15) is 11.4 Å². The number of carbonyl (C=O) groups is 1. The van der Waals surface area contributed by atoms with E-state index in [1.54, 1.807) is 24.3 Å². The van der Waals surface area contributed by atoms with Crippen molar-refractivity contribution in [2.75, 3.05) is 25.5 Å². The second-order valence-corrected chi connectivity index (χ2v) is 13.0. The first-order valence-electron chi connectivity index (χ1n) is 15.9. The van der Waals surface area contributed by atoms with Gasteiger partial charge in [0.25, 0.3) is 5.91 Å². The molecule has 2 saturated carbocycles. The summed E-state index contributed by atoms with van der Waals surface area (Å²) < 4.78 is 23.4. The number of ether oxygens (including phenoxy) is 1. The number of rotatable bonds is 7. The van der Waals surface area contributed by atoms with Gasteiger partial charge in [-0.15, -0.1) is 0 Å². The highest BCUT2D eigenvalue weighted by molar-refractivity contribution is 6.05. The molecule has 1 amide bonds. The fraction of sp³-hybridized carbons (Fsp3) is 0.457. The molecule has 2 N–H and O–H groups in total. The number of hydrogen-bond acceptors (Lipinski definition) is 6. The molecule has 2 aromatic carbocycles. The lowest BCUT2D eigenvalue weighted by Gasteiger charge is -2.34. The number of halogens is 1. The standard InChI is InChI=1S/C35H40FN5O3/c1-35(43)16-11-25(12-17-35)41-29-10-7-23(22-14-19-40(20-15-22)24-8-9-24)21-28(29)38-34(41)39-33(42)27-13-18-37-32(31(27)36)26-5-3-4-6-30(26)44-2/h3-7,10,13,18,21-22,24-25,43H,8-9,11-12,14-17,19-20H2,1-2H3,(H,38,39,42). The van der Waals surface area contributed by atoms with Crippen LogP contribution < -0.4 is 10.1 Å². The third-order valence-electron chi connectivity index (χ3n) is 9.90. The maximum absolute atomic E-state index is 15.9. The minimum absolute atomic E-state index is 0.0505. The van der Waals surface area contributed by atoms with E-state index < -0.39 is 17.3 Å². The summed E-state index contributed by atoms with van der Waals surface area (Å²) in [5.41, 5.74) is 2.75. The summed E-state index contributed by atoms with van der Waals surface area (Å²) in [4.78, 5) is 25.5. The number of para-hydroxylation sites is 1. The van der Waals surface area contributed by atoms with Crippen molar-refractivity contribution in [3.8, 4) is 17.0 Å². The van der Waals surface area contributed by atoms with Gasteiger partial charge in [-0.25, -0.2) is 9.37 Å². The van der Waals surface area contributed by atoms with Crippen LogP contribution in [-0.2, 0) is 0 Å². The van der Waals surface area contributed by atoms with Crippen molar-refractivity contribution in [2.45, 2.75) is 81.9 Å². The zero-order chi connectivity index (χ0) is 30.4. The molecule has 3 aliphatic rings. The number of nitrogens with one attached hydrogen (secondary N) is 1. The number of carbonyl (C=O) groups excluding carboxylic acids is 1. The summed E-state index contributed by atoms with van der Waals surface area (Å²) in [6.07, 6.45) is 9.21. The topological polar surface area (TPSA) is 92.5 Å². The van der Waals surface area contributed by atoms with E-state index in [9.17, 15) is 9.90 Å². The number of aromatic nitrogens is 3. The van der Waals surface area contributed by atoms with Gasteiger partial charge >= 0.3 is 0 Å². The monoisotopic (exact) mass is 597 g/mol. The first-order chi connectivity index (χ1) is 21.3. The van der Waals surface area contributed by atoms with Crippen LogP contribution in [0, 0.1) is 5.82 Å². The van der Waals surface area contributed by atoms with Gasteiger partial charge in [0, 0.05) is 23.8 Å². The number of benzene rings is 2. The molecule has 1 saturated heterocycles. The Bertz CT molecular complexity index is 1680. The van der Waals surface area contributed by atoms with Gasteiger partial charge in [-0.3, -0.25) is 15.1 Å². The normalized spacial score (nSPS) is 23.1. The first kappa shape index (κ1) is 28.9. The highest BCUT2D eigenvalue weighted by atomic mass is 19.1. The number of piperidine rings is 1. The molecule has 7 rings (SSSR count). The Hall–Kier alpha value is -3.82. The van der Waals surface area contributed by atoms with E-state index in [1.807, 2.05) is 6.92 Å². The first-order valence-corrected chi connectivity index (χ1v) is 15.9. The van der Waals surface area contributed by atoms with Gasteiger partial charge < -0.3 is 19.3 Å². The Morgan fingerprint density at radius 2 is 1.77 bits per heavy atom. The van der Waals surface area contributed by atoms with Gasteiger partial charge in [-0.2, -0.15) is 0 Å². The molecule has 1 aliphatic heterocycles. The minimum atomic E-state index is -0.717. The number of pyridine rings is 1. The number of likely N-dealkylation sites (tertiary alicyclic amines) is 1. The molecular weight excluding hydrogens is 557 g/mol. The van der Waals surface area contributed by atoms with Crippen molar-refractivity contribution in [3.63, 3.8) is 0 Å². The Morgan fingerprint density at radius 1 is 1.02 bits per heavy atom. The summed E-state index contributed by atoms with van der Waals surface area (Å²) in [5.74, 6) is 0.0493. The lowest BCUT2D eigenvalue weighted by Crippen LogP contribution is -2.34. The van der Waals surface area contributed by atoms with Crippen LogP contribution >= 0.6 is 0 Å². The van der Waals surface area contributed by atoms with E-state index in [2.05, 4.69) is 38.0 Å². The molecule has 8 nitrogen and oxygen atoms in total. The summed E-state index contributed by atoms with van der Waals surface area (Å²) in [7, 11) is 1.52. The SMILES string of the molecule is COc1ccccc1-c1nccc(C(=O)Nc2nc3cc(C4CCN(C5CC5)CC4)ccc3n2C2CCC(C)(O)CC2)c1F. The van der Waals surface area contributed by atoms with Crippen molar-refractivity contribution < 1.29 is 19.0 Å². The van der Waals surface area contributed by atoms with Crippen LogP contribution in [0.2, 0.25) is 0 Å². The molecule has 0 unspecified atom stereocenters. The number of imidazole rings is 1. The van der Waals surface area contributed by atoms with Crippen LogP contribution in [0.1, 0.15) is 86.2 Å². The highest BCUT2D eigenvalue weighted by Gasteiger charge is 2.34. The smallest absolute Gasteiger partial charge is 0.261 e. The van der Waals surface area contributed by atoms with E-state index in [0.717, 1.165) is 55.8 Å². The van der Waals surface area contributed by atoms with E-state index in [0.29, 0.717) is 36.0 Å². The van der Waals surface area contributed by atoms with E-state index in [1.165, 1.54) is 37.8 Å². The zero-order valence-electron chi connectivity index (χ0n) is 25.4. The average molecular weight is 598 g/mol. The highest BCUT2D eigenvalue weighted by Crippen LogP contribution is 2.40. The Labute approximate surface area is 257 Å². The average Bonchev–Trinajstić information content (AvgIpc) is 3.83. The second kappa shape index (κ2) is 11.6. The number of anilines is 1. The molecule has 4 aromatic rings. The van der Waals surface area contributed by atoms with Gasteiger partial charge in [0.2, 0.25) is 5.95 Å². The number of fused-ring (bicyclic) bond motifs is 1. The van der Waals surface area contributed by atoms with E-state index >= 15 is 4.39 Å². The van der Waals surface area contributed by atoms with Gasteiger partial charge in [0.05, 0.1) is 29.3 Å². The molecule has 0 radical (unpaired) electrons. The summed E-state index contributed by atoms with van der Waals surface area (Å²) in [6.45, 7) is 4.16. The number of nitrogens with zero attached hydrogens (tertiary/aromatic N) is 4. The predicted octanol–water partition coefficient (Wildman–Crippen LogP) is 6.71. The fourth-order valence-electron chi connectivity index (χ4n) is 7.16. The largest absolute Gasteiger partial charge is 0.496 e. The molecule has 2 aromatic heterocycles. The summed E-state index contributed by atoms with van der Waals surface area (Å²) in [5, 5.41) is 13.6. The van der Waals surface area contributed by atoms with Crippen LogP contribution in [0.3, 0.4) is 0 Å². The molecule has 2 aliphatic carbocycles. The van der Waals surface area contributed by atoms with Crippen molar-refractivity contribution in [3.05, 3.63) is 71.7 Å². The molecule has 9 heteroatoms. The maximum atomic E-state index is 15.9. The van der Waals surface area contributed by atoms with Crippen molar-refractivity contribution >= 4 is 22.9 Å². The number of amides is 1. The molecule has 44 heavy (non-hydrogen) atoms. The molecule has 3 heterocycles. The molecule has 0 atom stereocenters. The van der Waals surface area contributed by atoms with Crippen molar-refractivity contribution in [2.24, 2.45) is 0 Å². The van der Waals surface area contributed by atoms with E-state index in [-0.39, 0.29) is 17.3 Å². The molecule has 230 valence electrons. The third-order valence-corrected chi connectivity index (χ3v) is 9.90. The van der Waals surface area contributed by atoms with Crippen molar-refractivity contribution in [1.29, 1.82) is 0 Å². The Morgan fingerprint density at radius 3 is 2.50 bits per heavy atom. The molecule has 0 spiro atoms. The number of hydrogen-bond donors (Lipinski definition) is 2. The lowest BCUT2D eigenvalue weighted by molar-refractivity contribution is 0.0106. The maximum Gasteiger partial charge on any atom is 0.261 e. The zero-order valence-corrected chi connectivity index (χ0v) is 25.4. The quantitative estimate of drug-likeness (QED) is 0.246. The predicted molar refractivity (Wildman–Crippen MR) is 169 cm³/mol. The fourth-order valence-corrected chi connectivity index (χ4v) is 7.16. The number of methoxy groups -OCH3 is 1. The second-order valence-electron chi connectivity index (χ2n) is 13.0. The minimum Gasteiger partial charge on any atom is -0.496 e. The van der Waals surface area contributed by atoms with Crippen LogP contribution in [0.15, 0.2) is 54.7 Å². The number of aliphatic hydroxyl groups is 1. The van der Waals surface area contributed by atoms with Gasteiger partial charge in [0.15, 0.2) is 5.82 Å². The molecule has 0 bridgehead atoms. The van der Waals surface area contributed by atoms with Crippen LogP contribution in [0.4, 0.5) is 10.3 Å². The third kappa shape index (κ3) is 5.59. The van der Waals surface area contributed by atoms with Crippen molar-refractivity contribution in [1.82, 2.24) is 19.4 Å². The summed E-state index contributed by atoms with van der Waals surface area (Å²) >= 11 is 0. The summed E-state index contributed by atoms with van der Waals surface area (Å²) in [6, 6.07) is 15.8. The van der Waals surface area contributed by atoms with Crippen LogP contribution in [0.5, 0.6) is 5.75 Å². The Balaban J connectivity index is 1.21.